The Hall–Kier alpha value is -1.12. The van der Waals surface area contributed by atoms with Crippen LogP contribution >= 0.6 is 0 Å². The summed E-state index contributed by atoms with van der Waals surface area (Å²) in [4.78, 5) is 25.4. The van der Waals surface area contributed by atoms with E-state index in [1.165, 1.54) is 38.5 Å². The maximum Gasteiger partial charge on any atom is 0.334 e. The van der Waals surface area contributed by atoms with E-state index in [2.05, 4.69) is 48.1 Å². The van der Waals surface area contributed by atoms with E-state index in [1.807, 2.05) is 0 Å². The van der Waals surface area contributed by atoms with Crippen LogP contribution in [0.25, 0.3) is 0 Å². The van der Waals surface area contributed by atoms with Gasteiger partial charge in [-0.25, -0.2) is 4.79 Å². The number of ether oxygens (including phenoxy) is 1. The number of esters is 1. The summed E-state index contributed by atoms with van der Waals surface area (Å²) in [6.07, 6.45) is 10.4. The molecule has 0 aromatic carbocycles. The average molecular weight is 453 g/mol. The van der Waals surface area contributed by atoms with Crippen LogP contribution in [0.3, 0.4) is 0 Å². The van der Waals surface area contributed by atoms with Crippen LogP contribution in [0.1, 0.15) is 99.3 Å². The van der Waals surface area contributed by atoms with Crippen LogP contribution in [-0.4, -0.2) is 17.9 Å². The van der Waals surface area contributed by atoms with Crippen LogP contribution in [0.15, 0.2) is 12.2 Å². The van der Waals surface area contributed by atoms with Gasteiger partial charge in [-0.15, -0.1) is 0 Å². The topological polar surface area (TPSA) is 43.4 Å². The summed E-state index contributed by atoms with van der Waals surface area (Å²) < 4.78 is 5.85. The van der Waals surface area contributed by atoms with E-state index >= 15 is 0 Å². The van der Waals surface area contributed by atoms with Crippen molar-refractivity contribution in [1.82, 2.24) is 0 Å². The lowest BCUT2D eigenvalue weighted by molar-refractivity contribution is -0.232. The Morgan fingerprint density at radius 1 is 0.848 bits per heavy atom. The number of carbonyl (C=O) groups excluding carboxylic acids is 2. The maximum absolute atomic E-state index is 12.9. The third-order valence-corrected chi connectivity index (χ3v) is 13.5. The summed E-state index contributed by atoms with van der Waals surface area (Å²) in [7, 11) is 0. The molecule has 6 rings (SSSR count). The lowest BCUT2D eigenvalue weighted by Crippen LogP contribution is -2.66. The van der Waals surface area contributed by atoms with E-state index in [4.69, 9.17) is 4.74 Å². The highest BCUT2D eigenvalue weighted by molar-refractivity contribution is 5.91. The van der Waals surface area contributed by atoms with Gasteiger partial charge in [0.2, 0.25) is 0 Å². The Balaban J connectivity index is 1.40. The summed E-state index contributed by atoms with van der Waals surface area (Å²) in [6.45, 7) is 19.0. The summed E-state index contributed by atoms with van der Waals surface area (Å²) in [5.74, 6) is 2.93. The van der Waals surface area contributed by atoms with E-state index in [0.717, 1.165) is 24.8 Å². The minimum Gasteiger partial charge on any atom is -0.458 e. The van der Waals surface area contributed by atoms with Gasteiger partial charge in [-0.1, -0.05) is 48.1 Å². The highest BCUT2D eigenvalue weighted by Crippen LogP contribution is 2.77. The normalized spacial score (nSPS) is 56.8. The first kappa shape index (κ1) is 22.4. The predicted octanol–water partition coefficient (Wildman–Crippen LogP) is 6.75. The highest BCUT2D eigenvalue weighted by atomic mass is 16.6. The molecule has 3 nitrogen and oxygen atoms in total. The van der Waals surface area contributed by atoms with E-state index < -0.39 is 0 Å². The Bertz CT molecular complexity index is 948. The molecule has 1 heterocycles. The number of hydrogen-bond donors (Lipinski definition) is 0. The SMILES string of the molecule is C=C1C(=O)O[C@@H]2C[C@@]3(C)CC[C@@]4(C)[C@@H](CC[C@H]5[C@]6(C)CCC(=O)C(C)(C)[C@@H]6CC[C@@]54C)[C@@H]3[C@@H]12. The van der Waals surface area contributed by atoms with Gasteiger partial charge >= 0.3 is 5.97 Å². The van der Waals surface area contributed by atoms with Gasteiger partial charge in [-0.3, -0.25) is 4.79 Å². The molecule has 6 aliphatic rings. The van der Waals surface area contributed by atoms with Crippen LogP contribution in [0.5, 0.6) is 0 Å². The molecule has 0 amide bonds. The molecular weight excluding hydrogens is 408 g/mol. The molecule has 0 aromatic rings. The van der Waals surface area contributed by atoms with E-state index in [1.54, 1.807) is 0 Å². The molecule has 0 aromatic heterocycles. The van der Waals surface area contributed by atoms with Crippen molar-refractivity contribution in [3.05, 3.63) is 12.2 Å². The Morgan fingerprint density at radius 2 is 1.58 bits per heavy atom. The zero-order chi connectivity index (χ0) is 23.8. The minimum absolute atomic E-state index is 0.0614. The monoisotopic (exact) mass is 452 g/mol. The van der Waals surface area contributed by atoms with Crippen molar-refractivity contribution in [2.24, 2.45) is 56.7 Å². The van der Waals surface area contributed by atoms with Crippen molar-refractivity contribution in [2.45, 2.75) is 105 Å². The third-order valence-electron chi connectivity index (χ3n) is 13.5. The van der Waals surface area contributed by atoms with Crippen LogP contribution in [0.4, 0.5) is 0 Å². The van der Waals surface area contributed by atoms with Gasteiger partial charge in [0.15, 0.2) is 0 Å². The van der Waals surface area contributed by atoms with Crippen molar-refractivity contribution in [1.29, 1.82) is 0 Å². The van der Waals surface area contributed by atoms with Crippen LogP contribution in [-0.2, 0) is 14.3 Å². The highest BCUT2D eigenvalue weighted by Gasteiger charge is 2.72. The first-order chi connectivity index (χ1) is 15.3. The van der Waals surface area contributed by atoms with Crippen molar-refractivity contribution < 1.29 is 14.3 Å². The number of ketones is 1. The van der Waals surface area contributed by atoms with Crippen molar-refractivity contribution in [3.8, 4) is 0 Å². The first-order valence-electron chi connectivity index (χ1n) is 13.7. The second-order valence-corrected chi connectivity index (χ2v) is 14.7. The third kappa shape index (κ3) is 2.43. The molecule has 0 bridgehead atoms. The summed E-state index contributed by atoms with van der Waals surface area (Å²) >= 11 is 0. The van der Waals surface area contributed by atoms with Gasteiger partial charge in [0.05, 0.1) is 0 Å². The van der Waals surface area contributed by atoms with Gasteiger partial charge in [-0.2, -0.15) is 0 Å². The molecule has 1 saturated heterocycles. The predicted molar refractivity (Wildman–Crippen MR) is 129 cm³/mol. The zero-order valence-electron chi connectivity index (χ0n) is 21.8. The number of rotatable bonds is 0. The fraction of sp³-hybridized carbons (Fsp3) is 0.867. The first-order valence-corrected chi connectivity index (χ1v) is 13.7. The van der Waals surface area contributed by atoms with Gasteiger partial charge < -0.3 is 4.74 Å². The standard InChI is InChI=1S/C30H44O3/c1-17-23-19(33-25(17)32)16-27(4)14-15-29(6)18(24(23)27)8-9-21-28(5)12-11-22(31)26(2,3)20(28)10-13-30(21,29)7/h18-21,23-24H,1,8-16H2,2-7H3/t18-,19+,20-,21-,23-,24+,27+,28+,29-,30-/m0/s1. The lowest BCUT2D eigenvalue weighted by atomic mass is 9.32. The van der Waals surface area contributed by atoms with Crippen LogP contribution in [0.2, 0.25) is 0 Å². The fourth-order valence-electron chi connectivity index (χ4n) is 11.7. The van der Waals surface area contributed by atoms with Gasteiger partial charge in [-0.05, 0) is 96.7 Å². The molecule has 0 N–H and O–H groups in total. The molecular formula is C30H44O3. The molecule has 33 heavy (non-hydrogen) atoms. The molecule has 0 radical (unpaired) electrons. The van der Waals surface area contributed by atoms with Gasteiger partial charge in [0, 0.05) is 23.3 Å². The van der Waals surface area contributed by atoms with E-state index in [9.17, 15) is 9.59 Å². The Morgan fingerprint density at radius 3 is 2.30 bits per heavy atom. The van der Waals surface area contributed by atoms with Crippen molar-refractivity contribution in [2.75, 3.05) is 0 Å². The quantitative estimate of drug-likeness (QED) is 0.302. The molecule has 3 heteroatoms. The van der Waals surface area contributed by atoms with Crippen LogP contribution in [0, 0.1) is 56.7 Å². The summed E-state index contributed by atoms with van der Waals surface area (Å²) in [5.41, 5.74) is 1.67. The second-order valence-electron chi connectivity index (χ2n) is 14.7. The number of fused-ring (bicyclic) bond motifs is 9. The van der Waals surface area contributed by atoms with E-state index in [-0.39, 0.29) is 39.7 Å². The Labute approximate surface area is 200 Å². The van der Waals surface area contributed by atoms with Crippen molar-refractivity contribution >= 4 is 11.8 Å². The maximum atomic E-state index is 12.9. The molecule has 10 atom stereocenters. The smallest absolute Gasteiger partial charge is 0.334 e. The average Bonchev–Trinajstić information content (AvgIpc) is 3.17. The fourth-order valence-corrected chi connectivity index (χ4v) is 11.7. The molecule has 5 aliphatic carbocycles. The summed E-state index contributed by atoms with van der Waals surface area (Å²) in [6, 6.07) is 0. The van der Waals surface area contributed by atoms with Crippen molar-refractivity contribution in [3.63, 3.8) is 0 Å². The molecule has 0 unspecified atom stereocenters. The number of hydrogen-bond acceptors (Lipinski definition) is 3. The lowest BCUT2D eigenvalue weighted by Gasteiger charge is -2.72. The summed E-state index contributed by atoms with van der Waals surface area (Å²) in [5, 5.41) is 0. The number of Topliss-reactive ketones (excluding diaryl/α,β-unsaturated/α-hetero) is 1. The molecule has 0 spiro atoms. The van der Waals surface area contributed by atoms with Crippen LogP contribution < -0.4 is 0 Å². The molecule has 1 aliphatic heterocycles. The largest absolute Gasteiger partial charge is 0.458 e. The Kier molecular flexibility index (Phi) is 4.30. The van der Waals surface area contributed by atoms with Gasteiger partial charge in [0.25, 0.3) is 0 Å². The van der Waals surface area contributed by atoms with Gasteiger partial charge in [0.1, 0.15) is 11.9 Å². The molecule has 182 valence electrons. The second kappa shape index (κ2) is 6.35. The van der Waals surface area contributed by atoms with E-state index in [0.29, 0.717) is 34.9 Å². The zero-order valence-corrected chi connectivity index (χ0v) is 21.8. The minimum atomic E-state index is -0.185. The molecule has 5 saturated carbocycles. The molecule has 6 fully saturated rings. The number of carbonyl (C=O) groups is 2.